The number of ether oxygens (including phenoxy) is 3. The van der Waals surface area contributed by atoms with Gasteiger partial charge in [-0.3, -0.25) is 19.4 Å². The van der Waals surface area contributed by atoms with Crippen LogP contribution in [0, 0.1) is 0 Å². The van der Waals surface area contributed by atoms with E-state index in [-0.39, 0.29) is 17.9 Å². The first-order valence-electron chi connectivity index (χ1n) is 17.9. The molecule has 0 atom stereocenters. The number of hydrogen-bond donors (Lipinski definition) is 1. The Morgan fingerprint density at radius 1 is 0.647 bits per heavy atom. The van der Waals surface area contributed by atoms with Crippen LogP contribution in [0.15, 0.2) is 36.4 Å². The van der Waals surface area contributed by atoms with Crippen molar-refractivity contribution in [2.45, 2.75) is 39.5 Å². The minimum absolute atomic E-state index is 0.00168. The topological polar surface area (TPSA) is 107 Å². The highest BCUT2D eigenvalue weighted by Gasteiger charge is 2.28. The third-order valence-electron chi connectivity index (χ3n) is 9.22. The minimum Gasteiger partial charge on any atom is -0.444 e. The van der Waals surface area contributed by atoms with Crippen LogP contribution < -0.4 is 5.32 Å². The largest absolute Gasteiger partial charge is 0.444 e. The van der Waals surface area contributed by atoms with Crippen molar-refractivity contribution in [3.8, 4) is 0 Å². The van der Waals surface area contributed by atoms with Crippen LogP contribution in [-0.2, 0) is 27.3 Å². The fraction of sp³-hybridized carbons (Fsp3) is 0.595. The molecule has 4 heterocycles. The average molecular weight is 748 g/mol. The number of amides is 3. The Morgan fingerprint density at radius 2 is 1.08 bits per heavy atom. The SMILES string of the molecule is CC(C)(C)OC(=O)N1CCN(Cc2ccc(Cl)cc2C(=O)N2CCOCC2)CC1.O=C(c1cc(Cl)ccc1CN1CCNCC1)N1CCOCC1. The fourth-order valence-corrected chi connectivity index (χ4v) is 6.76. The lowest BCUT2D eigenvalue weighted by molar-refractivity contribution is 0.0138. The number of nitrogens with zero attached hydrogens (tertiary/aromatic N) is 5. The molecule has 4 saturated heterocycles. The summed E-state index contributed by atoms with van der Waals surface area (Å²) in [7, 11) is 0. The molecular weight excluding hydrogens is 695 g/mol. The van der Waals surface area contributed by atoms with Crippen LogP contribution in [0.1, 0.15) is 52.6 Å². The van der Waals surface area contributed by atoms with Crippen LogP contribution in [-0.4, -0.2) is 153 Å². The molecule has 1 N–H and O–H groups in total. The molecule has 2 aromatic carbocycles. The second kappa shape index (κ2) is 18.7. The molecule has 4 aliphatic heterocycles. The van der Waals surface area contributed by atoms with Crippen LogP contribution in [0.2, 0.25) is 10.0 Å². The van der Waals surface area contributed by atoms with E-state index in [2.05, 4.69) is 15.1 Å². The number of rotatable bonds is 6. The van der Waals surface area contributed by atoms with Crippen molar-refractivity contribution in [1.82, 2.24) is 29.8 Å². The minimum atomic E-state index is -0.494. The smallest absolute Gasteiger partial charge is 0.410 e. The molecule has 0 bridgehead atoms. The summed E-state index contributed by atoms with van der Waals surface area (Å²) in [5.74, 6) is 0.0640. The zero-order valence-electron chi connectivity index (χ0n) is 30.1. The van der Waals surface area contributed by atoms with Gasteiger partial charge in [-0.15, -0.1) is 0 Å². The molecule has 12 nitrogen and oxygen atoms in total. The molecule has 0 unspecified atom stereocenters. The van der Waals surface area contributed by atoms with Gasteiger partial charge in [-0.25, -0.2) is 4.79 Å². The van der Waals surface area contributed by atoms with E-state index in [9.17, 15) is 14.4 Å². The van der Waals surface area contributed by atoms with E-state index in [1.54, 1.807) is 17.0 Å². The van der Waals surface area contributed by atoms with Gasteiger partial charge in [0.1, 0.15) is 5.60 Å². The predicted octanol–water partition coefficient (Wildman–Crippen LogP) is 4.08. The average Bonchev–Trinajstić information content (AvgIpc) is 3.13. The highest BCUT2D eigenvalue weighted by atomic mass is 35.5. The Morgan fingerprint density at radius 3 is 1.51 bits per heavy atom. The number of piperazine rings is 2. The fourth-order valence-electron chi connectivity index (χ4n) is 6.41. The molecule has 6 rings (SSSR count). The number of carbonyl (C=O) groups excluding carboxylic acids is 3. The van der Waals surface area contributed by atoms with Gasteiger partial charge in [-0.05, 0) is 56.2 Å². The third kappa shape index (κ3) is 11.8. The second-order valence-corrected chi connectivity index (χ2v) is 15.1. The highest BCUT2D eigenvalue weighted by Crippen LogP contribution is 2.23. The maximum atomic E-state index is 13.0. The first kappa shape index (κ1) is 39.2. The lowest BCUT2D eigenvalue weighted by Gasteiger charge is -2.36. The van der Waals surface area contributed by atoms with E-state index in [1.807, 2.05) is 54.8 Å². The molecule has 0 spiro atoms. The van der Waals surface area contributed by atoms with E-state index in [4.69, 9.17) is 37.4 Å². The van der Waals surface area contributed by atoms with E-state index >= 15 is 0 Å². The third-order valence-corrected chi connectivity index (χ3v) is 9.69. The highest BCUT2D eigenvalue weighted by molar-refractivity contribution is 6.31. The lowest BCUT2D eigenvalue weighted by Crippen LogP contribution is -2.49. The van der Waals surface area contributed by atoms with E-state index in [0.29, 0.717) is 87.8 Å². The van der Waals surface area contributed by atoms with Crippen LogP contribution in [0.5, 0.6) is 0 Å². The standard InChI is InChI=1S/C21H30ClN3O4.C16H22ClN3O2/c1-21(2,3)29-20(27)25-8-6-23(7-9-25)15-16-4-5-17(22)14-18(16)19(26)24-10-12-28-13-11-24;17-14-2-1-13(12-19-5-3-18-4-6-19)15(11-14)16(21)20-7-9-22-10-8-20/h4-5,14H,6-13,15H2,1-3H3;1-2,11,18H,3-10,12H2. The van der Waals surface area contributed by atoms with Crippen molar-refractivity contribution in [1.29, 1.82) is 0 Å². The zero-order valence-corrected chi connectivity index (χ0v) is 31.6. The van der Waals surface area contributed by atoms with Crippen molar-refractivity contribution in [2.24, 2.45) is 0 Å². The summed E-state index contributed by atoms with van der Waals surface area (Å²) < 4.78 is 16.1. The molecule has 0 aliphatic carbocycles. The number of hydrogen-bond acceptors (Lipinski definition) is 9. The van der Waals surface area contributed by atoms with Gasteiger partial charge in [0.15, 0.2) is 0 Å². The van der Waals surface area contributed by atoms with Crippen LogP contribution >= 0.6 is 23.2 Å². The quantitative estimate of drug-likeness (QED) is 0.468. The summed E-state index contributed by atoms with van der Waals surface area (Å²) in [5, 5.41) is 4.51. The lowest BCUT2D eigenvalue weighted by atomic mass is 10.0. The molecule has 14 heteroatoms. The molecule has 280 valence electrons. The van der Waals surface area contributed by atoms with Gasteiger partial charge in [0, 0.05) is 113 Å². The van der Waals surface area contributed by atoms with E-state index < -0.39 is 5.60 Å². The van der Waals surface area contributed by atoms with Gasteiger partial charge >= 0.3 is 6.09 Å². The number of carbonyl (C=O) groups is 3. The van der Waals surface area contributed by atoms with Crippen LogP contribution in [0.25, 0.3) is 0 Å². The molecule has 0 saturated carbocycles. The van der Waals surface area contributed by atoms with Crippen molar-refractivity contribution in [2.75, 3.05) is 105 Å². The summed E-state index contributed by atoms with van der Waals surface area (Å²) in [6.45, 7) is 18.6. The summed E-state index contributed by atoms with van der Waals surface area (Å²) in [4.78, 5) is 48.1. The predicted molar refractivity (Wildman–Crippen MR) is 198 cm³/mol. The van der Waals surface area contributed by atoms with Crippen LogP contribution in [0.4, 0.5) is 4.79 Å². The second-order valence-electron chi connectivity index (χ2n) is 14.2. The maximum absolute atomic E-state index is 13.0. The van der Waals surface area contributed by atoms with Gasteiger partial charge in [0.2, 0.25) is 0 Å². The summed E-state index contributed by atoms with van der Waals surface area (Å²) in [6.07, 6.45) is -0.271. The van der Waals surface area contributed by atoms with E-state index in [0.717, 1.165) is 62.5 Å². The number of halogens is 2. The van der Waals surface area contributed by atoms with Crippen molar-refractivity contribution < 1.29 is 28.6 Å². The normalized spacial score (nSPS) is 19.3. The summed E-state index contributed by atoms with van der Waals surface area (Å²) in [5.41, 5.74) is 2.90. The molecule has 4 aliphatic rings. The zero-order chi connectivity index (χ0) is 36.4. The molecular formula is C37H52Cl2N6O6. The Hall–Kier alpha value is -2.97. The van der Waals surface area contributed by atoms with Gasteiger partial charge in [0.25, 0.3) is 11.8 Å². The Labute approximate surface area is 311 Å². The molecule has 0 radical (unpaired) electrons. The van der Waals surface area contributed by atoms with Gasteiger partial charge in [0.05, 0.1) is 26.4 Å². The Kier molecular flexibility index (Phi) is 14.4. The molecule has 2 aromatic rings. The Balaban J connectivity index is 0.000000205. The number of morpholine rings is 2. The maximum Gasteiger partial charge on any atom is 0.410 e. The number of nitrogens with one attached hydrogen (secondary N) is 1. The van der Waals surface area contributed by atoms with Gasteiger partial charge < -0.3 is 34.2 Å². The van der Waals surface area contributed by atoms with Crippen LogP contribution in [0.3, 0.4) is 0 Å². The van der Waals surface area contributed by atoms with Crippen molar-refractivity contribution in [3.05, 3.63) is 68.7 Å². The van der Waals surface area contributed by atoms with Crippen molar-refractivity contribution in [3.63, 3.8) is 0 Å². The van der Waals surface area contributed by atoms with Crippen molar-refractivity contribution >= 4 is 41.1 Å². The van der Waals surface area contributed by atoms with Gasteiger partial charge in [-0.2, -0.15) is 0 Å². The molecule has 0 aromatic heterocycles. The first-order chi connectivity index (χ1) is 24.5. The van der Waals surface area contributed by atoms with Gasteiger partial charge in [-0.1, -0.05) is 35.3 Å². The Bertz CT molecular complexity index is 1480. The summed E-state index contributed by atoms with van der Waals surface area (Å²) >= 11 is 12.3. The molecule has 51 heavy (non-hydrogen) atoms. The van der Waals surface area contributed by atoms with E-state index in [1.165, 1.54) is 0 Å². The molecule has 3 amide bonds. The summed E-state index contributed by atoms with van der Waals surface area (Å²) in [6, 6.07) is 11.2. The monoisotopic (exact) mass is 746 g/mol. The number of benzene rings is 2. The molecule has 4 fully saturated rings. The first-order valence-corrected chi connectivity index (χ1v) is 18.7.